The third-order valence-corrected chi connectivity index (χ3v) is 9.46. The summed E-state index contributed by atoms with van der Waals surface area (Å²) >= 11 is 0. The number of benzene rings is 1. The molecule has 0 aromatic heterocycles. The maximum Gasteiger partial charge on any atom is 0.241 e. The normalized spacial score (nSPS) is 21.7. The molecule has 1 aliphatic carbocycles. The van der Waals surface area contributed by atoms with E-state index in [9.17, 15) is 18.0 Å². The third-order valence-electron chi connectivity index (χ3n) is 6.82. The summed E-state index contributed by atoms with van der Waals surface area (Å²) in [5.41, 5.74) is 6.99. The highest BCUT2D eigenvalue weighted by atomic mass is 32.2. The smallest absolute Gasteiger partial charge is 0.241 e. The topological polar surface area (TPSA) is 110 Å². The van der Waals surface area contributed by atoms with Gasteiger partial charge in [-0.1, -0.05) is 25.0 Å². The van der Waals surface area contributed by atoms with Crippen LogP contribution in [0.2, 0.25) is 0 Å². The maximum absolute atomic E-state index is 13.6. The minimum atomic E-state index is -3.80. The van der Waals surface area contributed by atoms with Crippen LogP contribution in [0.4, 0.5) is 0 Å². The van der Waals surface area contributed by atoms with Gasteiger partial charge in [0.2, 0.25) is 11.8 Å². The number of aryl methyl sites for hydroxylation is 2. The Hall–Kier alpha value is -1.93. The lowest BCUT2D eigenvalue weighted by molar-refractivity contribution is -0.124. The number of carbonyl (C=O) groups excluding carboxylic acids is 2. The number of piperidine rings is 1. The van der Waals surface area contributed by atoms with E-state index in [2.05, 4.69) is 10.2 Å². The van der Waals surface area contributed by atoms with Gasteiger partial charge in [-0.2, -0.15) is 0 Å². The Balaban J connectivity index is 1.64. The van der Waals surface area contributed by atoms with Crippen LogP contribution in [0.3, 0.4) is 0 Å². The summed E-state index contributed by atoms with van der Waals surface area (Å²) in [6.07, 6.45) is 4.68. The molecule has 0 bridgehead atoms. The number of carbonyl (C=O) groups is 2. The van der Waals surface area contributed by atoms with Gasteiger partial charge in [0.15, 0.2) is 14.6 Å². The maximum atomic E-state index is 13.6. The fourth-order valence-electron chi connectivity index (χ4n) is 4.93. The van der Waals surface area contributed by atoms with Gasteiger partial charge >= 0.3 is 0 Å². The Morgan fingerprint density at radius 1 is 1.19 bits per heavy atom. The molecular formula is C23H35N3O4S. The van der Waals surface area contributed by atoms with Crippen molar-refractivity contribution in [3.05, 3.63) is 29.3 Å². The van der Waals surface area contributed by atoms with Gasteiger partial charge in [-0.05, 0) is 76.2 Å². The van der Waals surface area contributed by atoms with Gasteiger partial charge in [-0.15, -0.1) is 0 Å². The Morgan fingerprint density at radius 3 is 2.58 bits per heavy atom. The number of hydrogen-bond acceptors (Lipinski definition) is 5. The molecule has 1 unspecified atom stereocenters. The van der Waals surface area contributed by atoms with Gasteiger partial charge in [-0.25, -0.2) is 8.42 Å². The Kier molecular flexibility index (Phi) is 7.42. The lowest BCUT2D eigenvalue weighted by Gasteiger charge is -2.31. The first kappa shape index (κ1) is 23.7. The van der Waals surface area contributed by atoms with E-state index in [1.54, 1.807) is 19.1 Å². The van der Waals surface area contributed by atoms with Crippen molar-refractivity contribution in [3.8, 4) is 0 Å². The van der Waals surface area contributed by atoms with Crippen LogP contribution in [-0.4, -0.2) is 56.1 Å². The van der Waals surface area contributed by atoms with Crippen LogP contribution in [0.25, 0.3) is 0 Å². The van der Waals surface area contributed by atoms with Gasteiger partial charge in [0, 0.05) is 13.1 Å². The molecule has 0 radical (unpaired) electrons. The molecule has 1 aromatic carbocycles. The summed E-state index contributed by atoms with van der Waals surface area (Å²) in [5, 5.41) is 2.91. The SMILES string of the molecule is Cc1ccc(C)c(S(=O)(=O)C2(C(=O)NCCCN3CCCC(C(N)=O)C3)CCCC2)c1. The van der Waals surface area contributed by atoms with Crippen molar-refractivity contribution in [3.63, 3.8) is 0 Å². The van der Waals surface area contributed by atoms with Crippen molar-refractivity contribution in [2.45, 2.75) is 68.4 Å². The highest BCUT2D eigenvalue weighted by Gasteiger charge is 2.53. The van der Waals surface area contributed by atoms with Crippen molar-refractivity contribution in [1.29, 1.82) is 0 Å². The number of hydrogen-bond donors (Lipinski definition) is 2. The number of sulfone groups is 1. The van der Waals surface area contributed by atoms with Crippen LogP contribution < -0.4 is 11.1 Å². The van der Waals surface area contributed by atoms with Crippen molar-refractivity contribution in [1.82, 2.24) is 10.2 Å². The van der Waals surface area contributed by atoms with E-state index in [1.165, 1.54) is 0 Å². The first-order valence-electron chi connectivity index (χ1n) is 11.3. The zero-order chi connectivity index (χ0) is 22.6. The minimum absolute atomic E-state index is 0.104. The molecule has 8 heteroatoms. The summed E-state index contributed by atoms with van der Waals surface area (Å²) in [6, 6.07) is 5.38. The molecule has 1 saturated heterocycles. The molecule has 1 aliphatic heterocycles. The fraction of sp³-hybridized carbons (Fsp3) is 0.652. The number of nitrogens with one attached hydrogen (secondary N) is 1. The van der Waals surface area contributed by atoms with Crippen LogP contribution in [0.5, 0.6) is 0 Å². The number of nitrogens with two attached hydrogens (primary N) is 1. The van der Waals surface area contributed by atoms with Gasteiger partial charge in [0.25, 0.3) is 0 Å². The first-order valence-corrected chi connectivity index (χ1v) is 12.8. The first-order chi connectivity index (χ1) is 14.7. The van der Waals surface area contributed by atoms with Gasteiger partial charge in [-0.3, -0.25) is 9.59 Å². The molecule has 7 nitrogen and oxygen atoms in total. The standard InChI is InChI=1S/C23H35N3O4S/c1-17-8-9-18(2)20(15-17)31(29,30)23(10-3-4-11-23)22(28)25-12-6-14-26-13-5-7-19(16-26)21(24)27/h8-9,15,19H,3-7,10-14,16H2,1-2H3,(H2,24,27)(H,25,28). The predicted molar refractivity (Wildman–Crippen MR) is 120 cm³/mol. The van der Waals surface area contributed by atoms with E-state index < -0.39 is 14.6 Å². The van der Waals surface area contributed by atoms with Gasteiger partial charge in [0.05, 0.1) is 10.8 Å². The number of amides is 2. The highest BCUT2D eigenvalue weighted by Crippen LogP contribution is 2.41. The number of nitrogens with zero attached hydrogens (tertiary/aromatic N) is 1. The fourth-order valence-corrected chi connectivity index (χ4v) is 7.32. The largest absolute Gasteiger partial charge is 0.369 e. The van der Waals surface area contributed by atoms with Crippen molar-refractivity contribution >= 4 is 21.7 Å². The monoisotopic (exact) mass is 449 g/mol. The molecule has 1 heterocycles. The second kappa shape index (κ2) is 9.69. The van der Waals surface area contributed by atoms with Crippen LogP contribution in [0, 0.1) is 19.8 Å². The van der Waals surface area contributed by atoms with Gasteiger partial charge < -0.3 is 16.0 Å². The quantitative estimate of drug-likeness (QED) is 0.591. The molecule has 1 saturated carbocycles. The van der Waals surface area contributed by atoms with Gasteiger partial charge in [0.1, 0.15) is 0 Å². The Labute approximate surface area is 185 Å². The third kappa shape index (κ3) is 4.95. The zero-order valence-corrected chi connectivity index (χ0v) is 19.5. The summed E-state index contributed by atoms with van der Waals surface area (Å²) in [7, 11) is -3.80. The number of primary amides is 1. The second-order valence-electron chi connectivity index (χ2n) is 9.13. The van der Waals surface area contributed by atoms with Crippen molar-refractivity contribution < 1.29 is 18.0 Å². The minimum Gasteiger partial charge on any atom is -0.369 e. The Morgan fingerprint density at radius 2 is 1.90 bits per heavy atom. The molecular weight excluding hydrogens is 414 g/mol. The molecule has 31 heavy (non-hydrogen) atoms. The van der Waals surface area contributed by atoms with E-state index in [0.717, 1.165) is 44.3 Å². The van der Waals surface area contributed by atoms with E-state index in [0.29, 0.717) is 37.9 Å². The molecule has 1 aromatic rings. The lowest BCUT2D eigenvalue weighted by Crippen LogP contribution is -2.51. The lowest BCUT2D eigenvalue weighted by atomic mass is 9.97. The van der Waals surface area contributed by atoms with Crippen LogP contribution in [0.1, 0.15) is 56.1 Å². The summed E-state index contributed by atoms with van der Waals surface area (Å²) in [4.78, 5) is 27.1. The summed E-state index contributed by atoms with van der Waals surface area (Å²) in [6.45, 7) is 6.40. The van der Waals surface area contributed by atoms with E-state index >= 15 is 0 Å². The number of rotatable bonds is 8. The molecule has 2 fully saturated rings. The van der Waals surface area contributed by atoms with E-state index in [1.807, 2.05) is 13.0 Å². The van der Waals surface area contributed by atoms with Crippen LogP contribution in [-0.2, 0) is 19.4 Å². The van der Waals surface area contributed by atoms with Crippen molar-refractivity contribution in [2.24, 2.45) is 11.7 Å². The highest BCUT2D eigenvalue weighted by molar-refractivity contribution is 7.93. The molecule has 2 amide bonds. The molecule has 3 rings (SSSR count). The molecule has 0 spiro atoms. The molecule has 1 atom stereocenters. The zero-order valence-electron chi connectivity index (χ0n) is 18.7. The Bertz CT molecular complexity index is 923. The van der Waals surface area contributed by atoms with E-state index in [4.69, 9.17) is 5.73 Å². The molecule has 2 aliphatic rings. The van der Waals surface area contributed by atoms with Crippen LogP contribution >= 0.6 is 0 Å². The van der Waals surface area contributed by atoms with Crippen molar-refractivity contribution in [2.75, 3.05) is 26.2 Å². The average Bonchev–Trinajstić information content (AvgIpc) is 3.25. The summed E-state index contributed by atoms with van der Waals surface area (Å²) < 4.78 is 25.9. The van der Waals surface area contributed by atoms with E-state index in [-0.39, 0.29) is 22.6 Å². The predicted octanol–water partition coefficient (Wildman–Crippen LogP) is 2.09. The van der Waals surface area contributed by atoms with Crippen LogP contribution in [0.15, 0.2) is 23.1 Å². The molecule has 3 N–H and O–H groups in total. The molecule has 172 valence electrons. The number of likely N-dealkylation sites (tertiary alicyclic amines) is 1. The average molecular weight is 450 g/mol. The second-order valence-corrected chi connectivity index (χ2v) is 11.4. The summed E-state index contributed by atoms with van der Waals surface area (Å²) in [5.74, 6) is -0.731.